The number of hydrogen-bond acceptors (Lipinski definition) is 4. The SMILES string of the molecule is O=C(OCc1c(F)c(F)cc(F)c1F)c1cc(C#Cc2ccccc2)c(C(=O)OCc2c(F)c(F)cc(F)c2F)cc1C#Cc1ccccc1. The minimum atomic E-state index is -1.79. The second-order valence-electron chi connectivity index (χ2n) is 10.2. The molecule has 0 bridgehead atoms. The van der Waals surface area contributed by atoms with Crippen LogP contribution >= 0.6 is 0 Å². The Balaban J connectivity index is 1.60. The quantitative estimate of drug-likeness (QED) is 0.0779. The lowest BCUT2D eigenvalue weighted by molar-refractivity contribution is 0.0447. The zero-order chi connectivity index (χ0) is 35.9. The van der Waals surface area contributed by atoms with E-state index in [1.165, 1.54) is 0 Å². The zero-order valence-corrected chi connectivity index (χ0v) is 25.2. The molecule has 0 radical (unpaired) electrons. The Morgan fingerprint density at radius 3 is 1.10 bits per heavy atom. The van der Waals surface area contributed by atoms with Gasteiger partial charge in [0.15, 0.2) is 46.5 Å². The first-order chi connectivity index (χ1) is 23.9. The molecular weight excluding hydrogens is 672 g/mol. The standard InChI is InChI=1S/C38H18F8O4/c39-29-17-30(40)34(44)27(33(29)43)19-49-37(47)25-16-24(14-12-22-9-5-2-6-10-22)26(15-23(25)13-11-21-7-3-1-4-8-21)38(48)50-20-28-35(45)31(41)18-32(42)36(28)46/h1-10,15-18H,19-20H2. The average molecular weight is 691 g/mol. The summed E-state index contributed by atoms with van der Waals surface area (Å²) in [6, 6.07) is 18.4. The molecule has 0 amide bonds. The number of carbonyl (C=O) groups is 2. The molecular formula is C38H18F8O4. The maximum atomic E-state index is 14.3. The third-order valence-electron chi connectivity index (χ3n) is 6.93. The predicted molar refractivity (Wildman–Crippen MR) is 162 cm³/mol. The Labute approximate surface area is 278 Å². The molecule has 50 heavy (non-hydrogen) atoms. The summed E-state index contributed by atoms with van der Waals surface area (Å²) in [5.74, 6) is -5.91. The fourth-order valence-corrected chi connectivity index (χ4v) is 4.40. The summed E-state index contributed by atoms with van der Waals surface area (Å²) < 4.78 is 122. The third-order valence-corrected chi connectivity index (χ3v) is 6.93. The van der Waals surface area contributed by atoms with Crippen LogP contribution in [-0.2, 0) is 22.7 Å². The highest BCUT2D eigenvalue weighted by Gasteiger charge is 2.25. The van der Waals surface area contributed by atoms with Gasteiger partial charge in [0.25, 0.3) is 0 Å². The van der Waals surface area contributed by atoms with Gasteiger partial charge < -0.3 is 9.47 Å². The van der Waals surface area contributed by atoms with Crippen LogP contribution in [0.15, 0.2) is 84.9 Å². The lowest BCUT2D eigenvalue weighted by Gasteiger charge is -2.13. The minimum Gasteiger partial charge on any atom is -0.457 e. The van der Waals surface area contributed by atoms with Crippen molar-refractivity contribution in [2.75, 3.05) is 0 Å². The van der Waals surface area contributed by atoms with Crippen LogP contribution in [0.25, 0.3) is 0 Å². The first kappa shape index (κ1) is 34.9. The molecule has 5 aromatic rings. The molecule has 5 rings (SSSR count). The molecule has 250 valence electrons. The van der Waals surface area contributed by atoms with Gasteiger partial charge in [-0.1, -0.05) is 60.1 Å². The van der Waals surface area contributed by atoms with E-state index in [2.05, 4.69) is 23.7 Å². The van der Waals surface area contributed by atoms with Crippen LogP contribution in [0.2, 0.25) is 0 Å². The van der Waals surface area contributed by atoms with Crippen molar-refractivity contribution in [3.05, 3.63) is 176 Å². The first-order valence-corrected chi connectivity index (χ1v) is 14.2. The van der Waals surface area contributed by atoms with Crippen molar-refractivity contribution in [2.24, 2.45) is 0 Å². The van der Waals surface area contributed by atoms with Gasteiger partial charge in [0.1, 0.15) is 13.2 Å². The number of esters is 2. The Kier molecular flexibility index (Phi) is 10.6. The van der Waals surface area contributed by atoms with E-state index in [0.717, 1.165) is 12.1 Å². The fraction of sp³-hybridized carbons (Fsp3) is 0.0526. The number of hydrogen-bond donors (Lipinski definition) is 0. The monoisotopic (exact) mass is 690 g/mol. The van der Waals surface area contributed by atoms with Gasteiger partial charge in [0.05, 0.1) is 22.3 Å². The second-order valence-corrected chi connectivity index (χ2v) is 10.2. The molecule has 0 saturated heterocycles. The van der Waals surface area contributed by atoms with Crippen molar-refractivity contribution >= 4 is 11.9 Å². The Bertz CT molecular complexity index is 2040. The Hall–Kier alpha value is -6.40. The van der Waals surface area contributed by atoms with E-state index < -0.39 is 93.9 Å². The van der Waals surface area contributed by atoms with Gasteiger partial charge in [-0.3, -0.25) is 0 Å². The summed E-state index contributed by atoms with van der Waals surface area (Å²) >= 11 is 0. The van der Waals surface area contributed by atoms with Crippen LogP contribution in [0.5, 0.6) is 0 Å². The number of ether oxygens (including phenoxy) is 2. The molecule has 0 saturated carbocycles. The van der Waals surface area contributed by atoms with E-state index in [-0.39, 0.29) is 23.3 Å². The van der Waals surface area contributed by atoms with Gasteiger partial charge in [0, 0.05) is 34.4 Å². The lowest BCUT2D eigenvalue weighted by Crippen LogP contribution is -2.15. The maximum Gasteiger partial charge on any atom is 0.339 e. The molecule has 0 unspecified atom stereocenters. The summed E-state index contributed by atoms with van der Waals surface area (Å²) in [4.78, 5) is 26.7. The van der Waals surface area contributed by atoms with Gasteiger partial charge in [-0.15, -0.1) is 0 Å². The van der Waals surface area contributed by atoms with E-state index in [0.29, 0.717) is 11.1 Å². The summed E-state index contributed by atoms with van der Waals surface area (Å²) in [5.41, 5.74) is -2.93. The zero-order valence-electron chi connectivity index (χ0n) is 25.2. The topological polar surface area (TPSA) is 52.6 Å². The highest BCUT2D eigenvalue weighted by Crippen LogP contribution is 2.25. The van der Waals surface area contributed by atoms with Crippen LogP contribution < -0.4 is 0 Å². The largest absolute Gasteiger partial charge is 0.457 e. The van der Waals surface area contributed by atoms with E-state index in [9.17, 15) is 44.7 Å². The first-order valence-electron chi connectivity index (χ1n) is 14.2. The molecule has 0 N–H and O–H groups in total. The van der Waals surface area contributed by atoms with Crippen molar-refractivity contribution in [3.8, 4) is 23.7 Å². The maximum absolute atomic E-state index is 14.3. The molecule has 0 aliphatic rings. The highest BCUT2D eigenvalue weighted by molar-refractivity contribution is 5.98. The molecule has 12 heteroatoms. The smallest absolute Gasteiger partial charge is 0.339 e. The summed E-state index contributed by atoms with van der Waals surface area (Å²) in [6.45, 7) is -2.51. The van der Waals surface area contributed by atoms with Crippen LogP contribution in [-0.4, -0.2) is 11.9 Å². The Morgan fingerprint density at radius 1 is 0.460 bits per heavy atom. The minimum absolute atomic E-state index is 0.0175. The molecule has 4 nitrogen and oxygen atoms in total. The molecule has 5 aromatic carbocycles. The van der Waals surface area contributed by atoms with E-state index in [4.69, 9.17) is 9.47 Å². The molecule has 0 spiro atoms. The molecule has 0 aromatic heterocycles. The number of rotatable bonds is 6. The number of carbonyl (C=O) groups excluding carboxylic acids is 2. The Morgan fingerprint density at radius 2 is 0.780 bits per heavy atom. The predicted octanol–water partition coefficient (Wildman–Crippen LogP) is 8.31. The molecule has 0 fully saturated rings. The fourth-order valence-electron chi connectivity index (χ4n) is 4.40. The van der Waals surface area contributed by atoms with Gasteiger partial charge in [-0.05, 0) is 36.4 Å². The van der Waals surface area contributed by atoms with Crippen LogP contribution in [0.4, 0.5) is 35.1 Å². The average Bonchev–Trinajstić information content (AvgIpc) is 3.12. The van der Waals surface area contributed by atoms with Gasteiger partial charge >= 0.3 is 11.9 Å². The molecule has 0 atom stereocenters. The number of halogens is 8. The second kappa shape index (κ2) is 15.2. The van der Waals surface area contributed by atoms with Crippen molar-refractivity contribution < 1.29 is 54.2 Å². The van der Waals surface area contributed by atoms with Crippen LogP contribution in [0, 0.1) is 70.2 Å². The van der Waals surface area contributed by atoms with E-state index in [1.807, 2.05) is 0 Å². The summed E-state index contributed by atoms with van der Waals surface area (Å²) in [5, 5.41) is 0. The normalized spacial score (nSPS) is 10.4. The van der Waals surface area contributed by atoms with E-state index >= 15 is 0 Å². The molecule has 0 heterocycles. The van der Waals surface area contributed by atoms with Gasteiger partial charge in [-0.25, -0.2) is 44.7 Å². The van der Waals surface area contributed by atoms with Crippen molar-refractivity contribution in [3.63, 3.8) is 0 Å². The summed E-state index contributed by atoms with van der Waals surface area (Å²) in [7, 11) is 0. The van der Waals surface area contributed by atoms with Crippen molar-refractivity contribution in [1.82, 2.24) is 0 Å². The third kappa shape index (κ3) is 7.83. The molecule has 0 aliphatic heterocycles. The number of benzene rings is 5. The van der Waals surface area contributed by atoms with Crippen LogP contribution in [0.3, 0.4) is 0 Å². The summed E-state index contributed by atoms with van der Waals surface area (Å²) in [6.07, 6.45) is 0. The van der Waals surface area contributed by atoms with Crippen molar-refractivity contribution in [2.45, 2.75) is 13.2 Å². The van der Waals surface area contributed by atoms with Gasteiger partial charge in [-0.2, -0.15) is 0 Å². The van der Waals surface area contributed by atoms with E-state index in [1.54, 1.807) is 60.7 Å². The van der Waals surface area contributed by atoms with Crippen LogP contribution in [0.1, 0.15) is 54.1 Å². The van der Waals surface area contributed by atoms with Gasteiger partial charge in [0.2, 0.25) is 0 Å². The lowest BCUT2D eigenvalue weighted by atomic mass is 9.97. The molecule has 0 aliphatic carbocycles. The highest BCUT2D eigenvalue weighted by atomic mass is 19.2. The van der Waals surface area contributed by atoms with Crippen molar-refractivity contribution in [1.29, 1.82) is 0 Å².